The van der Waals surface area contributed by atoms with Crippen molar-refractivity contribution in [2.75, 3.05) is 29.1 Å². The molecule has 9 nitrogen and oxygen atoms in total. The molecule has 2 aromatic carbocycles. The molecule has 11 heteroatoms. The monoisotopic (exact) mass is 545 g/mol. The first-order valence-corrected chi connectivity index (χ1v) is 12.6. The number of carbonyl (C=O) groups excluding carboxylic acids is 2. The molecule has 2 aromatic heterocycles. The number of halogens is 2. The Kier molecular flexibility index (Phi) is 7.64. The highest BCUT2D eigenvalue weighted by molar-refractivity contribution is 6.33. The minimum atomic E-state index is -0.669. The maximum absolute atomic E-state index is 13.0. The molecule has 0 bridgehead atoms. The van der Waals surface area contributed by atoms with E-state index < -0.39 is 12.6 Å². The highest BCUT2D eigenvalue weighted by atomic mass is 35.5. The molecule has 39 heavy (non-hydrogen) atoms. The summed E-state index contributed by atoms with van der Waals surface area (Å²) in [5.74, 6) is -0.105. The number of alkyl halides is 1. The Morgan fingerprint density at radius 3 is 2.59 bits per heavy atom. The van der Waals surface area contributed by atoms with Gasteiger partial charge in [0.25, 0.3) is 11.8 Å². The number of aromatic nitrogens is 3. The number of carbonyl (C=O) groups is 2. The molecule has 4 aromatic rings. The minimum Gasteiger partial charge on any atom is -0.365 e. The van der Waals surface area contributed by atoms with Gasteiger partial charge in [-0.2, -0.15) is 0 Å². The number of anilines is 4. The first-order valence-electron chi connectivity index (χ1n) is 12.2. The molecular formula is C28H25ClFN7O2. The van der Waals surface area contributed by atoms with Crippen molar-refractivity contribution in [3.05, 3.63) is 100 Å². The predicted molar refractivity (Wildman–Crippen MR) is 148 cm³/mol. The normalized spacial score (nSPS) is 12.4. The third kappa shape index (κ3) is 5.96. The third-order valence-electron chi connectivity index (χ3n) is 6.32. The number of hydrogen-bond acceptors (Lipinski definition) is 7. The second-order valence-electron chi connectivity index (χ2n) is 8.92. The fourth-order valence-corrected chi connectivity index (χ4v) is 4.51. The van der Waals surface area contributed by atoms with Crippen LogP contribution in [0.3, 0.4) is 0 Å². The number of amides is 2. The first kappa shape index (κ1) is 26.1. The van der Waals surface area contributed by atoms with Gasteiger partial charge in [-0.15, -0.1) is 0 Å². The fourth-order valence-electron chi connectivity index (χ4n) is 4.27. The van der Waals surface area contributed by atoms with Gasteiger partial charge in [-0.05, 0) is 60.2 Å². The van der Waals surface area contributed by atoms with Gasteiger partial charge < -0.3 is 20.9 Å². The van der Waals surface area contributed by atoms with Gasteiger partial charge in [0.05, 0.1) is 16.4 Å². The summed E-state index contributed by atoms with van der Waals surface area (Å²) in [7, 11) is 1.59. The zero-order valence-electron chi connectivity index (χ0n) is 21.0. The summed E-state index contributed by atoms with van der Waals surface area (Å²) in [6.07, 6.45) is 3.88. The zero-order valence-corrected chi connectivity index (χ0v) is 21.8. The van der Waals surface area contributed by atoms with E-state index in [4.69, 9.17) is 11.6 Å². The van der Waals surface area contributed by atoms with Crippen molar-refractivity contribution in [1.29, 1.82) is 0 Å². The van der Waals surface area contributed by atoms with E-state index in [2.05, 4.69) is 35.8 Å². The molecular weight excluding hydrogens is 521 g/mol. The number of fused-ring (bicyclic) bond motifs is 1. The second-order valence-corrected chi connectivity index (χ2v) is 9.33. The minimum absolute atomic E-state index is 0.137. The van der Waals surface area contributed by atoms with Gasteiger partial charge in [0.15, 0.2) is 0 Å². The predicted octanol–water partition coefficient (Wildman–Crippen LogP) is 4.91. The van der Waals surface area contributed by atoms with Crippen molar-refractivity contribution >= 4 is 46.4 Å². The Morgan fingerprint density at radius 1 is 1.03 bits per heavy atom. The molecule has 2 amide bonds. The first-order chi connectivity index (χ1) is 18.9. The summed E-state index contributed by atoms with van der Waals surface area (Å²) in [6, 6.07) is 15.3. The Hall–Kier alpha value is -4.57. The van der Waals surface area contributed by atoms with Gasteiger partial charge in [0.2, 0.25) is 5.95 Å². The molecule has 1 aliphatic heterocycles. The Bertz CT molecular complexity index is 1530. The Balaban J connectivity index is 1.27. The van der Waals surface area contributed by atoms with Crippen molar-refractivity contribution in [2.45, 2.75) is 19.6 Å². The molecule has 0 radical (unpaired) electrons. The number of pyridine rings is 1. The maximum Gasteiger partial charge on any atom is 0.274 e. The average Bonchev–Trinajstić information content (AvgIpc) is 2.98. The van der Waals surface area contributed by atoms with Crippen LogP contribution in [-0.4, -0.2) is 40.4 Å². The largest absolute Gasteiger partial charge is 0.365 e. The smallest absolute Gasteiger partial charge is 0.274 e. The molecule has 198 valence electrons. The van der Waals surface area contributed by atoms with Crippen LogP contribution in [0.5, 0.6) is 0 Å². The van der Waals surface area contributed by atoms with Crippen molar-refractivity contribution in [3.8, 4) is 0 Å². The van der Waals surface area contributed by atoms with Crippen molar-refractivity contribution in [3.63, 3.8) is 0 Å². The molecule has 0 fully saturated rings. The van der Waals surface area contributed by atoms with Crippen LogP contribution in [0.2, 0.25) is 5.02 Å². The van der Waals surface area contributed by atoms with E-state index in [1.807, 2.05) is 6.07 Å². The molecule has 0 aliphatic carbocycles. The van der Waals surface area contributed by atoms with Gasteiger partial charge in [0.1, 0.15) is 12.4 Å². The van der Waals surface area contributed by atoms with Crippen LogP contribution in [0, 0.1) is 0 Å². The van der Waals surface area contributed by atoms with Crippen LogP contribution in [0.1, 0.15) is 37.7 Å². The summed E-state index contributed by atoms with van der Waals surface area (Å²) in [5, 5.41) is 9.14. The molecule has 3 N–H and O–H groups in total. The van der Waals surface area contributed by atoms with Crippen LogP contribution in [0.15, 0.2) is 67.0 Å². The van der Waals surface area contributed by atoms with E-state index in [-0.39, 0.29) is 11.6 Å². The summed E-state index contributed by atoms with van der Waals surface area (Å²) < 4.78 is 13.0. The molecule has 0 unspecified atom stereocenters. The lowest BCUT2D eigenvalue weighted by Gasteiger charge is -2.31. The van der Waals surface area contributed by atoms with Crippen LogP contribution < -0.4 is 20.9 Å². The maximum atomic E-state index is 13.0. The molecule has 0 saturated carbocycles. The van der Waals surface area contributed by atoms with E-state index in [0.29, 0.717) is 47.3 Å². The van der Waals surface area contributed by atoms with E-state index in [9.17, 15) is 14.0 Å². The number of hydrogen-bond donors (Lipinski definition) is 3. The van der Waals surface area contributed by atoms with E-state index in [0.717, 1.165) is 22.6 Å². The lowest BCUT2D eigenvalue weighted by Crippen LogP contribution is -2.31. The van der Waals surface area contributed by atoms with Gasteiger partial charge in [0, 0.05) is 61.5 Å². The summed E-state index contributed by atoms with van der Waals surface area (Å²) in [5.41, 5.74) is 5.09. The topological polar surface area (TPSA) is 112 Å². The fraction of sp³-hybridized carbons (Fsp3) is 0.179. The summed E-state index contributed by atoms with van der Waals surface area (Å²) in [4.78, 5) is 39.7. The number of nitrogens with one attached hydrogen (secondary N) is 3. The Morgan fingerprint density at radius 2 is 1.82 bits per heavy atom. The zero-order chi connectivity index (χ0) is 27.4. The molecule has 0 atom stereocenters. The molecule has 1 aliphatic rings. The van der Waals surface area contributed by atoms with Crippen LogP contribution >= 0.6 is 11.6 Å². The summed E-state index contributed by atoms with van der Waals surface area (Å²) in [6.45, 7) is 0.549. The lowest BCUT2D eigenvalue weighted by atomic mass is 10.1. The van der Waals surface area contributed by atoms with Gasteiger partial charge in [-0.25, -0.2) is 14.4 Å². The quantitative estimate of drug-likeness (QED) is 0.302. The molecule has 3 heterocycles. The van der Waals surface area contributed by atoms with Crippen molar-refractivity contribution in [2.24, 2.45) is 0 Å². The highest BCUT2D eigenvalue weighted by Gasteiger charge is 2.21. The van der Waals surface area contributed by atoms with Gasteiger partial charge in [-0.3, -0.25) is 14.6 Å². The SMILES string of the molecule is CNC(=O)c1ccc(Nc2ncc3c(n2)CCN(c2cc(NC(=O)c4cc(CF)ccn4)ccc2Cl)C3)cc1. The van der Waals surface area contributed by atoms with Crippen LogP contribution in [0.25, 0.3) is 0 Å². The summed E-state index contributed by atoms with van der Waals surface area (Å²) >= 11 is 6.53. The standard InChI is InChI=1S/C28H25ClFN7O2/c1-31-26(38)18-2-4-20(5-3-18)35-28-33-15-19-16-37(11-9-23(19)36-28)25-13-21(6-7-22(25)29)34-27(39)24-12-17(14-30)8-10-32-24/h2-8,10,12-13,15H,9,11,14,16H2,1H3,(H,31,38)(H,34,39)(H,33,35,36). The Labute approximate surface area is 229 Å². The number of benzene rings is 2. The molecule has 5 rings (SSSR count). The number of nitrogens with zero attached hydrogens (tertiary/aromatic N) is 4. The van der Waals surface area contributed by atoms with Crippen LogP contribution in [-0.2, 0) is 19.6 Å². The third-order valence-corrected chi connectivity index (χ3v) is 6.64. The molecule has 0 spiro atoms. The lowest BCUT2D eigenvalue weighted by molar-refractivity contribution is 0.0962. The van der Waals surface area contributed by atoms with Crippen LogP contribution in [0.4, 0.5) is 27.4 Å². The van der Waals surface area contributed by atoms with Gasteiger partial charge >= 0.3 is 0 Å². The molecule has 0 saturated heterocycles. The second kappa shape index (κ2) is 11.4. The number of rotatable bonds is 7. The van der Waals surface area contributed by atoms with Crippen molar-refractivity contribution in [1.82, 2.24) is 20.3 Å². The highest BCUT2D eigenvalue weighted by Crippen LogP contribution is 2.33. The van der Waals surface area contributed by atoms with E-state index in [1.165, 1.54) is 18.3 Å². The van der Waals surface area contributed by atoms with Gasteiger partial charge in [-0.1, -0.05) is 11.6 Å². The van der Waals surface area contributed by atoms with E-state index in [1.54, 1.807) is 49.6 Å². The van der Waals surface area contributed by atoms with Crippen molar-refractivity contribution < 1.29 is 14.0 Å². The average molecular weight is 546 g/mol. The van der Waals surface area contributed by atoms with E-state index >= 15 is 0 Å².